The molecule has 0 aromatic rings. The highest BCUT2D eigenvalue weighted by Gasteiger charge is 2.43. The summed E-state index contributed by atoms with van der Waals surface area (Å²) in [5, 5.41) is 18.0. The third-order valence-corrected chi connectivity index (χ3v) is 4.24. The highest BCUT2D eigenvalue weighted by Crippen LogP contribution is 2.42. The quantitative estimate of drug-likeness (QED) is 0.765. The summed E-state index contributed by atoms with van der Waals surface area (Å²) >= 11 is 0. The van der Waals surface area contributed by atoms with Crippen LogP contribution in [0.2, 0.25) is 0 Å². The van der Waals surface area contributed by atoms with Crippen LogP contribution in [0.3, 0.4) is 0 Å². The Kier molecular flexibility index (Phi) is 3.28. The first-order chi connectivity index (χ1) is 7.30. The smallest absolute Gasteiger partial charge is 0.0641 e. The second-order valence-electron chi connectivity index (χ2n) is 5.03. The molecule has 0 spiro atoms. The lowest BCUT2D eigenvalue weighted by atomic mass is 9.72. The molecule has 15 heavy (non-hydrogen) atoms. The molecule has 0 radical (unpaired) electrons. The molecule has 1 heterocycles. The molecule has 1 aliphatic carbocycles. The predicted octanol–water partition coefficient (Wildman–Crippen LogP) is 1.53. The molecule has 1 N–H and O–H groups in total. The third kappa shape index (κ3) is 2.02. The number of hydrogen-bond donors (Lipinski definition) is 1. The van der Waals surface area contributed by atoms with Crippen LogP contribution in [0.15, 0.2) is 0 Å². The van der Waals surface area contributed by atoms with Gasteiger partial charge < -0.3 is 5.11 Å². The zero-order valence-corrected chi connectivity index (χ0v) is 9.28. The lowest BCUT2D eigenvalue weighted by Gasteiger charge is -2.51. The Bertz CT molecular complexity index is 247. The molecular weight excluding hydrogens is 188 g/mol. The first kappa shape index (κ1) is 10.9. The van der Waals surface area contributed by atoms with Crippen LogP contribution in [0.5, 0.6) is 0 Å². The molecule has 84 valence electrons. The Morgan fingerprint density at radius 1 is 1.33 bits per heavy atom. The third-order valence-electron chi connectivity index (χ3n) is 4.24. The lowest BCUT2D eigenvalue weighted by Crippen LogP contribution is -2.56. The Hall–Kier alpha value is -0.590. The summed E-state index contributed by atoms with van der Waals surface area (Å²) in [5.41, 5.74) is 0.217. The molecule has 0 amide bonds. The molecule has 1 aliphatic heterocycles. The zero-order valence-electron chi connectivity index (χ0n) is 9.28. The van der Waals surface area contributed by atoms with E-state index in [1.807, 2.05) is 0 Å². The van der Waals surface area contributed by atoms with Gasteiger partial charge in [0.2, 0.25) is 0 Å². The summed E-state index contributed by atoms with van der Waals surface area (Å²) in [5.74, 6) is 0.500. The van der Waals surface area contributed by atoms with Crippen molar-refractivity contribution in [2.45, 2.75) is 44.1 Å². The van der Waals surface area contributed by atoms with Crippen molar-refractivity contribution < 1.29 is 5.11 Å². The van der Waals surface area contributed by atoms with Gasteiger partial charge in [0.25, 0.3) is 0 Å². The van der Waals surface area contributed by atoms with Crippen LogP contribution in [-0.2, 0) is 0 Å². The maximum atomic E-state index is 9.08. The standard InChI is InChI=1S/C12H20N2O/c13-7-6-12(4-1-5-12)14-8-2-11(10-15)3-9-14/h11,15H,1-6,8-10H2. The van der Waals surface area contributed by atoms with Crippen LogP contribution in [0, 0.1) is 17.2 Å². The lowest BCUT2D eigenvalue weighted by molar-refractivity contribution is -0.0116. The number of nitrogens with zero attached hydrogens (tertiary/aromatic N) is 2. The van der Waals surface area contributed by atoms with Crippen LogP contribution in [0.25, 0.3) is 0 Å². The van der Waals surface area contributed by atoms with Gasteiger partial charge in [-0.05, 0) is 51.1 Å². The van der Waals surface area contributed by atoms with Crippen LogP contribution in [0.1, 0.15) is 38.5 Å². The van der Waals surface area contributed by atoms with Crippen molar-refractivity contribution in [2.75, 3.05) is 19.7 Å². The first-order valence-electron chi connectivity index (χ1n) is 6.03. The molecule has 0 unspecified atom stereocenters. The number of piperidine rings is 1. The van der Waals surface area contributed by atoms with E-state index >= 15 is 0 Å². The number of rotatable bonds is 3. The molecule has 1 saturated heterocycles. The Labute approximate surface area is 91.7 Å². The second-order valence-corrected chi connectivity index (χ2v) is 5.03. The monoisotopic (exact) mass is 208 g/mol. The van der Waals surface area contributed by atoms with E-state index in [0.29, 0.717) is 18.9 Å². The van der Waals surface area contributed by atoms with E-state index < -0.39 is 0 Å². The van der Waals surface area contributed by atoms with E-state index in [4.69, 9.17) is 10.4 Å². The molecule has 3 nitrogen and oxygen atoms in total. The van der Waals surface area contributed by atoms with Crippen molar-refractivity contribution in [3.05, 3.63) is 0 Å². The molecule has 3 heteroatoms. The molecule has 2 rings (SSSR count). The number of hydrogen-bond acceptors (Lipinski definition) is 3. The van der Waals surface area contributed by atoms with Gasteiger partial charge in [0.05, 0.1) is 12.5 Å². The minimum atomic E-state index is 0.217. The predicted molar refractivity (Wildman–Crippen MR) is 58.2 cm³/mol. The van der Waals surface area contributed by atoms with Crippen LogP contribution in [0.4, 0.5) is 0 Å². The minimum Gasteiger partial charge on any atom is -0.396 e. The van der Waals surface area contributed by atoms with Gasteiger partial charge >= 0.3 is 0 Å². The van der Waals surface area contributed by atoms with Crippen LogP contribution in [-0.4, -0.2) is 35.2 Å². The molecule has 2 aliphatic rings. The van der Waals surface area contributed by atoms with Crippen molar-refractivity contribution in [3.8, 4) is 6.07 Å². The summed E-state index contributed by atoms with van der Waals surface area (Å²) in [4.78, 5) is 2.51. The zero-order chi connectivity index (χ0) is 10.7. The Balaban J connectivity index is 1.91. The largest absolute Gasteiger partial charge is 0.396 e. The molecule has 0 aromatic heterocycles. The van der Waals surface area contributed by atoms with Crippen molar-refractivity contribution in [1.82, 2.24) is 4.90 Å². The van der Waals surface area contributed by atoms with E-state index in [0.717, 1.165) is 25.9 Å². The minimum absolute atomic E-state index is 0.217. The van der Waals surface area contributed by atoms with Crippen molar-refractivity contribution in [2.24, 2.45) is 5.92 Å². The van der Waals surface area contributed by atoms with E-state index in [-0.39, 0.29) is 5.54 Å². The summed E-state index contributed by atoms with van der Waals surface area (Å²) < 4.78 is 0. The molecule has 0 aromatic carbocycles. The van der Waals surface area contributed by atoms with Gasteiger partial charge in [-0.2, -0.15) is 5.26 Å². The van der Waals surface area contributed by atoms with Crippen LogP contribution < -0.4 is 0 Å². The van der Waals surface area contributed by atoms with Crippen molar-refractivity contribution >= 4 is 0 Å². The van der Waals surface area contributed by atoms with Crippen molar-refractivity contribution in [1.29, 1.82) is 5.26 Å². The fourth-order valence-electron chi connectivity index (χ4n) is 2.93. The molecule has 2 fully saturated rings. The normalized spacial score (nSPS) is 26.9. The Morgan fingerprint density at radius 3 is 2.40 bits per heavy atom. The van der Waals surface area contributed by atoms with E-state index in [9.17, 15) is 0 Å². The highest BCUT2D eigenvalue weighted by atomic mass is 16.3. The fourth-order valence-corrected chi connectivity index (χ4v) is 2.93. The van der Waals surface area contributed by atoms with Gasteiger partial charge in [-0.25, -0.2) is 0 Å². The summed E-state index contributed by atoms with van der Waals surface area (Å²) in [6.45, 7) is 2.49. The number of aliphatic hydroxyl groups excluding tert-OH is 1. The van der Waals surface area contributed by atoms with E-state index in [1.165, 1.54) is 19.3 Å². The van der Waals surface area contributed by atoms with Crippen LogP contribution >= 0.6 is 0 Å². The number of nitriles is 1. The number of likely N-dealkylation sites (tertiary alicyclic amines) is 1. The molecule has 0 atom stereocenters. The van der Waals surface area contributed by atoms with Gasteiger partial charge in [0.15, 0.2) is 0 Å². The maximum absolute atomic E-state index is 9.08. The number of aliphatic hydroxyl groups is 1. The maximum Gasteiger partial charge on any atom is 0.0641 e. The molecule has 0 bridgehead atoms. The summed E-state index contributed by atoms with van der Waals surface area (Å²) in [6, 6.07) is 2.34. The van der Waals surface area contributed by atoms with Gasteiger partial charge in [0.1, 0.15) is 0 Å². The summed E-state index contributed by atoms with van der Waals surface area (Å²) in [6.07, 6.45) is 6.57. The van der Waals surface area contributed by atoms with E-state index in [2.05, 4.69) is 11.0 Å². The SMILES string of the molecule is N#CCC1(N2CCC(CO)CC2)CCC1. The first-order valence-corrected chi connectivity index (χ1v) is 6.03. The topological polar surface area (TPSA) is 47.3 Å². The second kappa shape index (κ2) is 4.51. The van der Waals surface area contributed by atoms with E-state index in [1.54, 1.807) is 0 Å². The van der Waals surface area contributed by atoms with Gasteiger partial charge in [0, 0.05) is 12.1 Å². The average molecular weight is 208 g/mol. The Morgan fingerprint density at radius 2 is 2.00 bits per heavy atom. The molecular formula is C12H20N2O. The van der Waals surface area contributed by atoms with Gasteiger partial charge in [-0.15, -0.1) is 0 Å². The summed E-state index contributed by atoms with van der Waals surface area (Å²) in [7, 11) is 0. The van der Waals surface area contributed by atoms with Gasteiger partial charge in [-0.1, -0.05) is 0 Å². The fraction of sp³-hybridized carbons (Fsp3) is 0.917. The average Bonchev–Trinajstić information content (AvgIpc) is 2.24. The molecule has 1 saturated carbocycles. The van der Waals surface area contributed by atoms with Gasteiger partial charge in [-0.3, -0.25) is 4.90 Å². The van der Waals surface area contributed by atoms with Crippen molar-refractivity contribution in [3.63, 3.8) is 0 Å². The highest BCUT2D eigenvalue weighted by molar-refractivity contribution is 5.04.